The Morgan fingerprint density at radius 3 is 2.47 bits per heavy atom. The minimum atomic E-state index is 0.213. The molecule has 0 aromatic heterocycles. The summed E-state index contributed by atoms with van der Waals surface area (Å²) >= 11 is 0. The van der Waals surface area contributed by atoms with Crippen molar-refractivity contribution in [3.05, 3.63) is 25.3 Å². The van der Waals surface area contributed by atoms with Crippen LogP contribution in [0.3, 0.4) is 0 Å². The van der Waals surface area contributed by atoms with Gasteiger partial charge >= 0.3 is 0 Å². The average molecular weight is 206 g/mol. The standard InChI is InChI=1S/C14H22O/c1-3-5-8-12-9-6-7-10-13(12)11-14(15)4-2/h3-4,12-13H,1-2,5-11H2. The Morgan fingerprint density at radius 1 is 1.20 bits per heavy atom. The van der Waals surface area contributed by atoms with E-state index in [0.717, 1.165) is 12.3 Å². The van der Waals surface area contributed by atoms with Crippen molar-refractivity contribution in [3.8, 4) is 0 Å². The van der Waals surface area contributed by atoms with E-state index in [4.69, 9.17) is 0 Å². The van der Waals surface area contributed by atoms with Crippen molar-refractivity contribution in [2.45, 2.75) is 44.9 Å². The first kappa shape index (κ1) is 12.2. The summed E-state index contributed by atoms with van der Waals surface area (Å²) in [5.41, 5.74) is 0. The van der Waals surface area contributed by atoms with Crippen LogP contribution >= 0.6 is 0 Å². The molecule has 0 heterocycles. The van der Waals surface area contributed by atoms with Crippen molar-refractivity contribution in [2.24, 2.45) is 11.8 Å². The smallest absolute Gasteiger partial charge is 0.155 e. The summed E-state index contributed by atoms with van der Waals surface area (Å²) in [4.78, 5) is 11.4. The third-order valence-corrected chi connectivity index (χ3v) is 3.50. The predicted octanol–water partition coefficient (Wildman–Crippen LogP) is 3.90. The number of carbonyl (C=O) groups is 1. The van der Waals surface area contributed by atoms with E-state index in [1.54, 1.807) is 0 Å². The molecule has 1 aliphatic rings. The van der Waals surface area contributed by atoms with Gasteiger partial charge in [-0.3, -0.25) is 4.79 Å². The van der Waals surface area contributed by atoms with Gasteiger partial charge in [0.25, 0.3) is 0 Å². The number of allylic oxidation sites excluding steroid dienone is 2. The van der Waals surface area contributed by atoms with E-state index in [9.17, 15) is 4.79 Å². The predicted molar refractivity (Wildman–Crippen MR) is 64.7 cm³/mol. The molecule has 0 saturated heterocycles. The molecule has 0 aliphatic heterocycles. The van der Waals surface area contributed by atoms with Crippen LogP contribution in [0.5, 0.6) is 0 Å². The highest BCUT2D eigenvalue weighted by Gasteiger charge is 2.25. The SMILES string of the molecule is C=CCCC1CCCCC1CC(=O)C=C. The van der Waals surface area contributed by atoms with Gasteiger partial charge < -0.3 is 0 Å². The molecule has 0 aromatic carbocycles. The molecule has 84 valence electrons. The Labute approximate surface area is 93.3 Å². The second kappa shape index (κ2) is 6.60. The largest absolute Gasteiger partial charge is 0.295 e. The van der Waals surface area contributed by atoms with Gasteiger partial charge in [0.2, 0.25) is 0 Å². The van der Waals surface area contributed by atoms with Crippen LogP contribution in [0, 0.1) is 11.8 Å². The summed E-state index contributed by atoms with van der Waals surface area (Å²) in [5, 5.41) is 0. The van der Waals surface area contributed by atoms with Crippen molar-refractivity contribution in [2.75, 3.05) is 0 Å². The van der Waals surface area contributed by atoms with Gasteiger partial charge in [0.15, 0.2) is 5.78 Å². The first-order chi connectivity index (χ1) is 7.27. The Hall–Kier alpha value is -0.850. The third kappa shape index (κ3) is 4.03. The zero-order valence-electron chi connectivity index (χ0n) is 9.58. The molecule has 15 heavy (non-hydrogen) atoms. The maximum atomic E-state index is 11.4. The van der Waals surface area contributed by atoms with Crippen LogP contribution in [-0.4, -0.2) is 5.78 Å². The third-order valence-electron chi connectivity index (χ3n) is 3.50. The molecule has 2 atom stereocenters. The zero-order valence-corrected chi connectivity index (χ0v) is 9.58. The van der Waals surface area contributed by atoms with Crippen molar-refractivity contribution in [3.63, 3.8) is 0 Å². The van der Waals surface area contributed by atoms with E-state index in [1.165, 1.54) is 38.2 Å². The zero-order chi connectivity index (χ0) is 11.1. The highest BCUT2D eigenvalue weighted by molar-refractivity contribution is 5.89. The molecular weight excluding hydrogens is 184 g/mol. The summed E-state index contributed by atoms with van der Waals surface area (Å²) in [7, 11) is 0. The fraction of sp³-hybridized carbons (Fsp3) is 0.643. The molecule has 1 rings (SSSR count). The number of hydrogen-bond donors (Lipinski definition) is 0. The van der Waals surface area contributed by atoms with Gasteiger partial charge in [-0.15, -0.1) is 6.58 Å². The Balaban J connectivity index is 2.45. The minimum absolute atomic E-state index is 0.213. The first-order valence-corrected chi connectivity index (χ1v) is 6.04. The van der Waals surface area contributed by atoms with E-state index in [0.29, 0.717) is 12.3 Å². The molecule has 1 aliphatic carbocycles. The summed E-state index contributed by atoms with van der Waals surface area (Å²) in [6.07, 6.45) is 11.6. The lowest BCUT2D eigenvalue weighted by molar-refractivity contribution is -0.116. The second-order valence-electron chi connectivity index (χ2n) is 4.55. The molecular formula is C14H22O. The highest BCUT2D eigenvalue weighted by atomic mass is 16.1. The molecule has 0 N–H and O–H groups in total. The van der Waals surface area contributed by atoms with E-state index in [-0.39, 0.29) is 5.78 Å². The summed E-state index contributed by atoms with van der Waals surface area (Å²) < 4.78 is 0. The van der Waals surface area contributed by atoms with Gasteiger partial charge in [0, 0.05) is 6.42 Å². The van der Waals surface area contributed by atoms with Crippen LogP contribution in [0.15, 0.2) is 25.3 Å². The monoisotopic (exact) mass is 206 g/mol. The van der Waals surface area contributed by atoms with Crippen molar-refractivity contribution in [1.82, 2.24) is 0 Å². The minimum Gasteiger partial charge on any atom is -0.295 e. The molecule has 0 bridgehead atoms. The Bertz CT molecular complexity index is 229. The topological polar surface area (TPSA) is 17.1 Å². The summed E-state index contributed by atoms with van der Waals surface area (Å²) in [5.74, 6) is 1.55. The molecule has 0 amide bonds. The Morgan fingerprint density at radius 2 is 1.87 bits per heavy atom. The van der Waals surface area contributed by atoms with Crippen LogP contribution < -0.4 is 0 Å². The normalized spacial score (nSPS) is 25.9. The maximum Gasteiger partial charge on any atom is 0.155 e. The summed E-state index contributed by atoms with van der Waals surface area (Å²) in [6, 6.07) is 0. The van der Waals surface area contributed by atoms with Crippen molar-refractivity contribution < 1.29 is 4.79 Å². The lowest BCUT2D eigenvalue weighted by atomic mass is 9.74. The fourth-order valence-corrected chi connectivity index (χ4v) is 2.61. The van der Waals surface area contributed by atoms with Crippen LogP contribution in [0.2, 0.25) is 0 Å². The molecule has 1 nitrogen and oxygen atoms in total. The highest BCUT2D eigenvalue weighted by Crippen LogP contribution is 2.35. The van der Waals surface area contributed by atoms with Gasteiger partial charge in [-0.1, -0.05) is 31.9 Å². The fourth-order valence-electron chi connectivity index (χ4n) is 2.61. The van der Waals surface area contributed by atoms with Crippen LogP contribution in [0.1, 0.15) is 44.9 Å². The van der Waals surface area contributed by atoms with Gasteiger partial charge in [-0.2, -0.15) is 0 Å². The van der Waals surface area contributed by atoms with Gasteiger partial charge in [0.05, 0.1) is 0 Å². The van der Waals surface area contributed by atoms with Crippen molar-refractivity contribution in [1.29, 1.82) is 0 Å². The van der Waals surface area contributed by atoms with Gasteiger partial charge in [-0.25, -0.2) is 0 Å². The molecule has 0 radical (unpaired) electrons. The lowest BCUT2D eigenvalue weighted by Gasteiger charge is -2.30. The first-order valence-electron chi connectivity index (χ1n) is 6.04. The van der Waals surface area contributed by atoms with E-state index < -0.39 is 0 Å². The van der Waals surface area contributed by atoms with E-state index >= 15 is 0 Å². The molecule has 1 fully saturated rings. The molecule has 1 saturated carbocycles. The van der Waals surface area contributed by atoms with Gasteiger partial charge in [-0.05, 0) is 37.2 Å². The molecule has 1 heteroatoms. The quantitative estimate of drug-likeness (QED) is 0.476. The number of hydrogen-bond acceptors (Lipinski definition) is 1. The van der Waals surface area contributed by atoms with E-state index in [1.807, 2.05) is 6.08 Å². The van der Waals surface area contributed by atoms with Gasteiger partial charge in [0.1, 0.15) is 0 Å². The van der Waals surface area contributed by atoms with E-state index in [2.05, 4.69) is 13.2 Å². The number of rotatable bonds is 6. The molecule has 0 spiro atoms. The number of carbonyl (C=O) groups excluding carboxylic acids is 1. The average Bonchev–Trinajstić information content (AvgIpc) is 2.28. The second-order valence-corrected chi connectivity index (χ2v) is 4.55. The van der Waals surface area contributed by atoms with Crippen LogP contribution in [0.4, 0.5) is 0 Å². The van der Waals surface area contributed by atoms with Crippen molar-refractivity contribution >= 4 is 5.78 Å². The van der Waals surface area contributed by atoms with Crippen LogP contribution in [0.25, 0.3) is 0 Å². The maximum absolute atomic E-state index is 11.4. The summed E-state index contributed by atoms with van der Waals surface area (Å²) in [6.45, 7) is 7.31. The Kier molecular flexibility index (Phi) is 5.38. The molecule has 0 aromatic rings. The van der Waals surface area contributed by atoms with Crippen LogP contribution in [-0.2, 0) is 4.79 Å². The molecule has 2 unspecified atom stereocenters. The number of ketones is 1. The lowest BCUT2D eigenvalue weighted by Crippen LogP contribution is -2.21.